The van der Waals surface area contributed by atoms with Crippen LogP contribution in [0.5, 0.6) is 0 Å². The first-order valence-corrected chi connectivity index (χ1v) is 11.0. The van der Waals surface area contributed by atoms with Gasteiger partial charge in [0.1, 0.15) is 5.82 Å². The monoisotopic (exact) mass is 427 g/mol. The van der Waals surface area contributed by atoms with Gasteiger partial charge in [0.05, 0.1) is 35.6 Å². The third-order valence-electron chi connectivity index (χ3n) is 3.87. The second-order valence-corrected chi connectivity index (χ2v) is 8.85. The number of nitrogens with two attached hydrogens (primary N) is 1. The topological polar surface area (TPSA) is 153 Å². The molecule has 0 spiro atoms. The van der Waals surface area contributed by atoms with Crippen LogP contribution in [0, 0.1) is 6.92 Å². The molecular formula is C19H21N7O3S. The second kappa shape index (κ2) is 8.82. The summed E-state index contributed by atoms with van der Waals surface area (Å²) in [5.74, 6) is 0.264. The first-order valence-electron chi connectivity index (χ1n) is 8.92. The summed E-state index contributed by atoms with van der Waals surface area (Å²) >= 11 is 0. The lowest BCUT2D eigenvalue weighted by molar-refractivity contribution is 0.251. The van der Waals surface area contributed by atoms with E-state index in [0.717, 1.165) is 11.9 Å². The van der Waals surface area contributed by atoms with Gasteiger partial charge in [-0.25, -0.2) is 23.2 Å². The second-order valence-electron chi connectivity index (χ2n) is 6.71. The molecule has 3 rings (SSSR count). The number of nitrogens with zero attached hydrogens (tertiary/aromatic N) is 4. The maximum Gasteiger partial charge on any atom is 0.319 e. The normalized spacial score (nSPS) is 11.1. The minimum Gasteiger partial charge on any atom is -0.384 e. The highest BCUT2D eigenvalue weighted by Gasteiger charge is 2.11. The van der Waals surface area contributed by atoms with E-state index in [4.69, 9.17) is 5.73 Å². The number of carbonyl (C=O) groups is 1. The zero-order chi connectivity index (χ0) is 21.7. The molecule has 0 unspecified atom stereocenters. The lowest BCUT2D eigenvalue weighted by Gasteiger charge is -2.09. The Morgan fingerprint density at radius 2 is 1.80 bits per heavy atom. The molecule has 0 saturated carbocycles. The molecule has 0 radical (unpaired) electrons. The summed E-state index contributed by atoms with van der Waals surface area (Å²) in [6.45, 7) is 2.08. The average Bonchev–Trinajstić information content (AvgIpc) is 2.66. The zero-order valence-electron chi connectivity index (χ0n) is 16.5. The van der Waals surface area contributed by atoms with Gasteiger partial charge in [-0.05, 0) is 31.2 Å². The van der Waals surface area contributed by atoms with Gasteiger partial charge in [-0.1, -0.05) is 0 Å². The van der Waals surface area contributed by atoms with Crippen LogP contribution in [-0.2, 0) is 22.1 Å². The van der Waals surface area contributed by atoms with Crippen molar-refractivity contribution in [3.63, 3.8) is 0 Å². The molecule has 0 saturated heterocycles. The van der Waals surface area contributed by atoms with E-state index in [1.807, 2.05) is 6.92 Å². The van der Waals surface area contributed by atoms with Gasteiger partial charge in [-0.3, -0.25) is 9.97 Å². The Labute approximate surface area is 173 Å². The number of hydrogen-bond acceptors (Lipinski definition) is 8. The molecule has 156 valence electrons. The molecule has 1 aromatic carbocycles. The van der Waals surface area contributed by atoms with Crippen LogP contribution in [0.2, 0.25) is 0 Å². The molecular weight excluding hydrogens is 406 g/mol. The number of aromatic nitrogens is 4. The summed E-state index contributed by atoms with van der Waals surface area (Å²) in [4.78, 5) is 28.8. The van der Waals surface area contributed by atoms with E-state index in [0.29, 0.717) is 28.5 Å². The van der Waals surface area contributed by atoms with Gasteiger partial charge in [-0.2, -0.15) is 0 Å². The summed E-state index contributed by atoms with van der Waals surface area (Å²) < 4.78 is 23.0. The number of carbonyl (C=O) groups excluding carboxylic acids is 1. The third-order valence-corrected chi connectivity index (χ3v) is 4.69. The first-order chi connectivity index (χ1) is 14.2. The van der Waals surface area contributed by atoms with Crippen LogP contribution >= 0.6 is 0 Å². The van der Waals surface area contributed by atoms with Crippen LogP contribution in [-0.4, -0.2) is 40.6 Å². The molecule has 10 nitrogen and oxygen atoms in total. The average molecular weight is 427 g/mol. The molecule has 4 N–H and O–H groups in total. The van der Waals surface area contributed by atoms with Crippen molar-refractivity contribution in [2.24, 2.45) is 0 Å². The van der Waals surface area contributed by atoms with Gasteiger partial charge in [0.25, 0.3) is 0 Å². The van der Waals surface area contributed by atoms with Crippen LogP contribution in [0.3, 0.4) is 0 Å². The fraction of sp³-hybridized carbons (Fsp3) is 0.211. The zero-order valence-corrected chi connectivity index (χ0v) is 17.3. The molecule has 0 fully saturated rings. The van der Waals surface area contributed by atoms with Crippen molar-refractivity contribution in [1.82, 2.24) is 25.3 Å². The van der Waals surface area contributed by atoms with E-state index in [-0.39, 0.29) is 24.1 Å². The number of aryl methyl sites for hydroxylation is 1. The van der Waals surface area contributed by atoms with Crippen molar-refractivity contribution in [3.8, 4) is 11.4 Å². The molecule has 30 heavy (non-hydrogen) atoms. The van der Waals surface area contributed by atoms with E-state index in [1.165, 1.54) is 6.07 Å². The quantitative estimate of drug-likeness (QED) is 0.537. The van der Waals surface area contributed by atoms with E-state index in [2.05, 4.69) is 30.6 Å². The molecule has 0 atom stereocenters. The largest absolute Gasteiger partial charge is 0.384 e. The van der Waals surface area contributed by atoms with E-state index >= 15 is 0 Å². The maximum atomic E-state index is 12.1. The summed E-state index contributed by atoms with van der Waals surface area (Å²) in [7, 11) is -3.25. The highest BCUT2D eigenvalue weighted by Crippen LogP contribution is 2.20. The van der Waals surface area contributed by atoms with Gasteiger partial charge in [0, 0.05) is 29.8 Å². The van der Waals surface area contributed by atoms with E-state index < -0.39 is 9.84 Å². The minimum atomic E-state index is -3.25. The Morgan fingerprint density at radius 1 is 1.07 bits per heavy atom. The van der Waals surface area contributed by atoms with Crippen molar-refractivity contribution in [1.29, 1.82) is 0 Å². The summed E-state index contributed by atoms with van der Waals surface area (Å²) in [6.07, 6.45) is 4.36. The molecule has 2 aromatic heterocycles. The Morgan fingerprint density at radius 3 is 2.43 bits per heavy atom. The summed E-state index contributed by atoms with van der Waals surface area (Å²) in [5.41, 5.74) is 8.75. The fourth-order valence-electron chi connectivity index (χ4n) is 2.55. The molecule has 11 heteroatoms. The number of urea groups is 1. The number of benzene rings is 1. The lowest BCUT2D eigenvalue weighted by atomic mass is 10.2. The van der Waals surface area contributed by atoms with Gasteiger partial charge in [0.2, 0.25) is 0 Å². The Kier molecular flexibility index (Phi) is 6.21. The summed E-state index contributed by atoms with van der Waals surface area (Å²) in [5, 5.41) is 5.41. The number of hydrogen-bond donors (Lipinski definition) is 3. The number of sulfone groups is 1. The first kappa shape index (κ1) is 21.1. The van der Waals surface area contributed by atoms with Crippen LogP contribution in [0.1, 0.15) is 17.1 Å². The predicted octanol–water partition coefficient (Wildman–Crippen LogP) is 1.69. The smallest absolute Gasteiger partial charge is 0.319 e. The Hall–Kier alpha value is -3.60. The molecule has 2 amide bonds. The minimum absolute atomic E-state index is 0.180. The fourth-order valence-corrected chi connectivity index (χ4v) is 3.23. The highest BCUT2D eigenvalue weighted by atomic mass is 32.2. The summed E-state index contributed by atoms with van der Waals surface area (Å²) in [6, 6.07) is 7.83. The van der Waals surface area contributed by atoms with Crippen molar-refractivity contribution >= 4 is 27.4 Å². The molecule has 0 aliphatic carbocycles. The number of anilines is 2. The lowest BCUT2D eigenvalue weighted by Crippen LogP contribution is -2.28. The number of nitrogen functional groups attached to an aromatic ring is 1. The SMILES string of the molecule is Cc1cnc(CNC(=O)Nc2ccc(-c3nc(N)cc(CS(C)(=O)=O)n3)cc2)cn1. The van der Waals surface area contributed by atoms with E-state index in [9.17, 15) is 13.2 Å². The maximum absolute atomic E-state index is 12.1. The van der Waals surface area contributed by atoms with Crippen molar-refractivity contribution in [3.05, 3.63) is 59.8 Å². The van der Waals surface area contributed by atoms with Crippen LogP contribution in [0.25, 0.3) is 11.4 Å². The van der Waals surface area contributed by atoms with Gasteiger partial charge < -0.3 is 16.4 Å². The predicted molar refractivity (Wildman–Crippen MR) is 113 cm³/mol. The molecule has 0 aliphatic heterocycles. The third kappa shape index (κ3) is 6.21. The van der Waals surface area contributed by atoms with Gasteiger partial charge in [-0.15, -0.1) is 0 Å². The Balaban J connectivity index is 1.64. The van der Waals surface area contributed by atoms with Gasteiger partial charge >= 0.3 is 6.03 Å². The van der Waals surface area contributed by atoms with Crippen molar-refractivity contribution < 1.29 is 13.2 Å². The number of amides is 2. The molecule has 0 aliphatic rings. The van der Waals surface area contributed by atoms with Crippen LogP contribution < -0.4 is 16.4 Å². The molecule has 0 bridgehead atoms. The van der Waals surface area contributed by atoms with Crippen LogP contribution in [0.4, 0.5) is 16.3 Å². The van der Waals surface area contributed by atoms with E-state index in [1.54, 1.807) is 36.7 Å². The highest BCUT2D eigenvalue weighted by molar-refractivity contribution is 7.89. The standard InChI is InChI=1S/C19H21N7O3S/c1-12-8-22-16(9-21-12)10-23-19(27)25-14-5-3-13(4-6-14)18-24-15(7-17(20)26-18)11-30(2,28)29/h3-9H,10-11H2,1-2H3,(H2,20,24,26)(H2,23,25,27). The number of nitrogens with one attached hydrogen (secondary N) is 2. The van der Waals surface area contributed by atoms with Crippen molar-refractivity contribution in [2.75, 3.05) is 17.3 Å². The molecule has 2 heterocycles. The van der Waals surface area contributed by atoms with Gasteiger partial charge in [0.15, 0.2) is 15.7 Å². The number of rotatable bonds is 6. The molecule has 3 aromatic rings. The Bertz CT molecular complexity index is 1150. The van der Waals surface area contributed by atoms with Crippen LogP contribution in [0.15, 0.2) is 42.7 Å². The van der Waals surface area contributed by atoms with Crippen molar-refractivity contribution in [2.45, 2.75) is 19.2 Å².